The summed E-state index contributed by atoms with van der Waals surface area (Å²) in [5.41, 5.74) is 6.08. The fraction of sp³-hybridized carbons (Fsp3) is 0.556. The molecule has 0 bridgehead atoms. The molecule has 78 valence electrons. The highest BCUT2D eigenvalue weighted by molar-refractivity contribution is 5.37. The summed E-state index contributed by atoms with van der Waals surface area (Å²) in [5.74, 6) is 0.693. The minimum absolute atomic E-state index is 0.580. The molecule has 0 fully saturated rings. The van der Waals surface area contributed by atoms with Gasteiger partial charge in [-0.15, -0.1) is 0 Å². The molecular weight excluding hydrogens is 180 g/mol. The highest BCUT2D eigenvalue weighted by Crippen LogP contribution is 2.06. The average Bonchev–Trinajstić information content (AvgIpc) is 2.21. The highest BCUT2D eigenvalue weighted by Gasteiger charge is 2.05. The summed E-state index contributed by atoms with van der Waals surface area (Å²) in [6, 6.07) is 0. The van der Waals surface area contributed by atoms with Gasteiger partial charge in [0.05, 0.1) is 24.7 Å². The number of ether oxygens (including phenoxy) is 1. The molecular formula is C9H16N4O. The summed E-state index contributed by atoms with van der Waals surface area (Å²) in [7, 11) is 1.68. The van der Waals surface area contributed by atoms with Gasteiger partial charge in [-0.05, 0) is 6.92 Å². The van der Waals surface area contributed by atoms with Crippen LogP contribution in [0.25, 0.3) is 0 Å². The SMILES string of the molecule is CCN(CCOC)c1ncc(N)cn1. The van der Waals surface area contributed by atoms with Gasteiger partial charge in [0.2, 0.25) is 5.95 Å². The second-order valence-corrected chi connectivity index (χ2v) is 2.89. The normalized spacial score (nSPS) is 10.1. The molecule has 0 aliphatic rings. The average molecular weight is 196 g/mol. The van der Waals surface area contributed by atoms with Gasteiger partial charge in [-0.3, -0.25) is 0 Å². The second-order valence-electron chi connectivity index (χ2n) is 2.89. The lowest BCUT2D eigenvalue weighted by molar-refractivity contribution is 0.205. The van der Waals surface area contributed by atoms with E-state index < -0.39 is 0 Å². The van der Waals surface area contributed by atoms with Gasteiger partial charge in [0.1, 0.15) is 0 Å². The summed E-state index contributed by atoms with van der Waals surface area (Å²) < 4.78 is 5.00. The van der Waals surface area contributed by atoms with Crippen LogP contribution in [0.5, 0.6) is 0 Å². The van der Waals surface area contributed by atoms with Gasteiger partial charge in [0, 0.05) is 20.2 Å². The molecule has 0 saturated carbocycles. The Morgan fingerprint density at radius 1 is 1.43 bits per heavy atom. The Labute approximate surface area is 83.9 Å². The predicted molar refractivity (Wildman–Crippen MR) is 56.2 cm³/mol. The third kappa shape index (κ3) is 2.85. The van der Waals surface area contributed by atoms with E-state index in [1.165, 1.54) is 0 Å². The van der Waals surface area contributed by atoms with Gasteiger partial charge < -0.3 is 15.4 Å². The first-order chi connectivity index (χ1) is 6.77. The number of nitrogens with two attached hydrogens (primary N) is 1. The van der Waals surface area contributed by atoms with Crippen molar-refractivity contribution in [2.24, 2.45) is 0 Å². The second kappa shape index (κ2) is 5.39. The zero-order chi connectivity index (χ0) is 10.4. The van der Waals surface area contributed by atoms with E-state index in [4.69, 9.17) is 10.5 Å². The van der Waals surface area contributed by atoms with Crippen molar-refractivity contribution in [1.29, 1.82) is 0 Å². The molecule has 0 amide bonds. The molecule has 5 heteroatoms. The Hall–Kier alpha value is -1.36. The van der Waals surface area contributed by atoms with Gasteiger partial charge in [-0.25, -0.2) is 9.97 Å². The minimum atomic E-state index is 0.580. The molecule has 0 atom stereocenters. The minimum Gasteiger partial charge on any atom is -0.396 e. The van der Waals surface area contributed by atoms with Crippen molar-refractivity contribution in [3.05, 3.63) is 12.4 Å². The van der Waals surface area contributed by atoms with Crippen molar-refractivity contribution in [1.82, 2.24) is 9.97 Å². The molecule has 0 aromatic carbocycles. The van der Waals surface area contributed by atoms with Gasteiger partial charge in [-0.1, -0.05) is 0 Å². The van der Waals surface area contributed by atoms with Crippen molar-refractivity contribution in [3.63, 3.8) is 0 Å². The number of hydrogen-bond donors (Lipinski definition) is 1. The summed E-state index contributed by atoms with van der Waals surface area (Å²) in [4.78, 5) is 10.3. The maximum atomic E-state index is 5.50. The number of rotatable bonds is 5. The first kappa shape index (κ1) is 10.7. The number of anilines is 2. The van der Waals surface area contributed by atoms with E-state index in [1.807, 2.05) is 4.90 Å². The number of nitrogen functional groups attached to an aromatic ring is 1. The summed E-state index contributed by atoms with van der Waals surface area (Å²) in [5, 5.41) is 0. The number of aromatic nitrogens is 2. The Balaban J connectivity index is 2.64. The lowest BCUT2D eigenvalue weighted by Gasteiger charge is -2.19. The molecule has 0 aliphatic carbocycles. The van der Waals surface area contributed by atoms with E-state index in [9.17, 15) is 0 Å². The number of hydrogen-bond acceptors (Lipinski definition) is 5. The molecule has 1 heterocycles. The smallest absolute Gasteiger partial charge is 0.225 e. The van der Waals surface area contributed by atoms with Gasteiger partial charge in [-0.2, -0.15) is 0 Å². The van der Waals surface area contributed by atoms with E-state index in [2.05, 4.69) is 16.9 Å². The quantitative estimate of drug-likeness (QED) is 0.744. The third-order valence-electron chi connectivity index (χ3n) is 1.89. The fourth-order valence-electron chi connectivity index (χ4n) is 1.10. The van der Waals surface area contributed by atoms with Crippen LogP contribution in [-0.2, 0) is 4.74 Å². The van der Waals surface area contributed by atoms with E-state index in [0.29, 0.717) is 18.2 Å². The van der Waals surface area contributed by atoms with Gasteiger partial charge in [0.15, 0.2) is 0 Å². The molecule has 1 rings (SSSR count). The van der Waals surface area contributed by atoms with E-state index >= 15 is 0 Å². The van der Waals surface area contributed by atoms with Crippen molar-refractivity contribution >= 4 is 11.6 Å². The van der Waals surface area contributed by atoms with Crippen LogP contribution >= 0.6 is 0 Å². The molecule has 0 saturated heterocycles. The summed E-state index contributed by atoms with van der Waals surface area (Å²) >= 11 is 0. The molecule has 0 unspecified atom stereocenters. The maximum Gasteiger partial charge on any atom is 0.225 e. The van der Waals surface area contributed by atoms with Crippen molar-refractivity contribution in [2.45, 2.75) is 6.92 Å². The van der Waals surface area contributed by atoms with Crippen LogP contribution in [0.1, 0.15) is 6.92 Å². The molecule has 1 aromatic rings. The molecule has 1 aromatic heterocycles. The molecule has 0 radical (unpaired) electrons. The lowest BCUT2D eigenvalue weighted by Crippen LogP contribution is -2.28. The molecule has 14 heavy (non-hydrogen) atoms. The highest BCUT2D eigenvalue weighted by atomic mass is 16.5. The molecule has 0 spiro atoms. The Morgan fingerprint density at radius 2 is 2.07 bits per heavy atom. The zero-order valence-electron chi connectivity index (χ0n) is 8.60. The summed E-state index contributed by atoms with van der Waals surface area (Å²) in [6.07, 6.45) is 3.22. The Morgan fingerprint density at radius 3 is 2.57 bits per heavy atom. The summed E-state index contributed by atoms with van der Waals surface area (Å²) in [6.45, 7) is 4.36. The van der Waals surface area contributed by atoms with Crippen LogP contribution < -0.4 is 10.6 Å². The van der Waals surface area contributed by atoms with Crippen molar-refractivity contribution in [2.75, 3.05) is 37.4 Å². The fourth-order valence-corrected chi connectivity index (χ4v) is 1.10. The monoisotopic (exact) mass is 196 g/mol. The Kier molecular flexibility index (Phi) is 4.12. The van der Waals surface area contributed by atoms with E-state index in [-0.39, 0.29) is 0 Å². The van der Waals surface area contributed by atoms with Gasteiger partial charge >= 0.3 is 0 Å². The predicted octanol–water partition coefficient (Wildman–Crippen LogP) is 0.531. The standard InChI is InChI=1S/C9H16N4O/c1-3-13(4-5-14-2)9-11-6-8(10)7-12-9/h6-7H,3-5,10H2,1-2H3. The maximum absolute atomic E-state index is 5.50. The van der Waals surface area contributed by atoms with E-state index in [0.717, 1.165) is 13.1 Å². The van der Waals surface area contributed by atoms with E-state index in [1.54, 1.807) is 19.5 Å². The molecule has 5 nitrogen and oxygen atoms in total. The number of methoxy groups -OCH3 is 1. The first-order valence-corrected chi connectivity index (χ1v) is 4.59. The van der Waals surface area contributed by atoms with Crippen molar-refractivity contribution < 1.29 is 4.74 Å². The zero-order valence-corrected chi connectivity index (χ0v) is 8.60. The molecule has 0 aliphatic heterocycles. The van der Waals surface area contributed by atoms with Crippen LogP contribution in [0.3, 0.4) is 0 Å². The Bertz CT molecular complexity index is 262. The van der Waals surface area contributed by atoms with Crippen LogP contribution in [0, 0.1) is 0 Å². The van der Waals surface area contributed by atoms with Gasteiger partial charge in [0.25, 0.3) is 0 Å². The third-order valence-corrected chi connectivity index (χ3v) is 1.89. The number of nitrogens with zero attached hydrogens (tertiary/aromatic N) is 3. The number of likely N-dealkylation sites (N-methyl/N-ethyl adjacent to an activating group) is 1. The van der Waals surface area contributed by atoms with Crippen LogP contribution in [0.15, 0.2) is 12.4 Å². The topological polar surface area (TPSA) is 64.3 Å². The largest absolute Gasteiger partial charge is 0.396 e. The van der Waals surface area contributed by atoms with Crippen LogP contribution in [-0.4, -0.2) is 36.8 Å². The van der Waals surface area contributed by atoms with Crippen molar-refractivity contribution in [3.8, 4) is 0 Å². The van der Waals surface area contributed by atoms with Crippen LogP contribution in [0.2, 0.25) is 0 Å². The molecule has 2 N–H and O–H groups in total. The first-order valence-electron chi connectivity index (χ1n) is 4.59. The van der Waals surface area contributed by atoms with Crippen LogP contribution in [0.4, 0.5) is 11.6 Å². The lowest BCUT2D eigenvalue weighted by atomic mass is 10.5.